The Morgan fingerprint density at radius 1 is 1.06 bits per heavy atom. The highest BCUT2D eigenvalue weighted by Gasteiger charge is 2.25. The average molecular weight is 492 g/mol. The fourth-order valence-electron chi connectivity index (χ4n) is 4.67. The normalized spacial score (nSPS) is 13.9. The van der Waals surface area contributed by atoms with Gasteiger partial charge in [-0.05, 0) is 61.2 Å². The molecule has 0 atom stereocenters. The average Bonchev–Trinajstić information content (AvgIpc) is 2.89. The highest BCUT2D eigenvalue weighted by molar-refractivity contribution is 6.32. The fraction of sp³-hybridized carbons (Fsp3) is 0.345. The number of amides is 1. The SMILES string of the molecule is CCCN(C(=O)c1cccc(CNc2cc(Oc3ccccc3Cl)ccc2N)c1)C1CCCCC1. The largest absolute Gasteiger partial charge is 0.456 e. The number of nitrogens with one attached hydrogen (secondary N) is 1. The maximum Gasteiger partial charge on any atom is 0.254 e. The Morgan fingerprint density at radius 2 is 1.86 bits per heavy atom. The van der Waals surface area contributed by atoms with Gasteiger partial charge in [0.25, 0.3) is 5.91 Å². The Kier molecular flexibility index (Phi) is 8.54. The number of rotatable bonds is 9. The van der Waals surface area contributed by atoms with Crippen LogP contribution in [0.15, 0.2) is 66.7 Å². The number of hydrogen-bond donors (Lipinski definition) is 2. The zero-order valence-electron chi connectivity index (χ0n) is 20.3. The molecule has 3 aromatic carbocycles. The topological polar surface area (TPSA) is 67.6 Å². The number of nitrogen functional groups attached to an aromatic ring is 1. The van der Waals surface area contributed by atoms with Crippen LogP contribution in [0.5, 0.6) is 11.5 Å². The van der Waals surface area contributed by atoms with Crippen molar-refractivity contribution in [2.24, 2.45) is 0 Å². The molecule has 0 heterocycles. The van der Waals surface area contributed by atoms with Gasteiger partial charge < -0.3 is 20.7 Å². The fourth-order valence-corrected chi connectivity index (χ4v) is 4.84. The summed E-state index contributed by atoms with van der Waals surface area (Å²) in [4.78, 5) is 15.5. The predicted octanol–water partition coefficient (Wildman–Crippen LogP) is 7.51. The van der Waals surface area contributed by atoms with Crippen LogP contribution in [0, 0.1) is 0 Å². The summed E-state index contributed by atoms with van der Waals surface area (Å²) in [5, 5.41) is 3.94. The number of carbonyl (C=O) groups excluding carboxylic acids is 1. The van der Waals surface area contributed by atoms with Gasteiger partial charge in [-0.25, -0.2) is 0 Å². The second-order valence-electron chi connectivity index (χ2n) is 9.13. The predicted molar refractivity (Wildman–Crippen MR) is 144 cm³/mol. The molecule has 0 aliphatic heterocycles. The van der Waals surface area contributed by atoms with E-state index in [0.29, 0.717) is 34.8 Å². The standard InChI is InChI=1S/C29H34ClN3O2/c1-2-17-33(23-11-4-3-5-12-23)29(34)22-10-8-9-21(18-22)20-32-27-19-24(15-16-26(27)31)35-28-14-7-6-13-25(28)30/h6-10,13-16,18-19,23,32H,2-5,11-12,17,20,31H2,1H3. The van der Waals surface area contributed by atoms with Crippen LogP contribution in [0.25, 0.3) is 0 Å². The van der Waals surface area contributed by atoms with Crippen LogP contribution >= 0.6 is 11.6 Å². The zero-order valence-corrected chi connectivity index (χ0v) is 21.1. The van der Waals surface area contributed by atoms with Gasteiger partial charge in [-0.15, -0.1) is 0 Å². The minimum atomic E-state index is 0.134. The van der Waals surface area contributed by atoms with Crippen LogP contribution in [0.2, 0.25) is 5.02 Å². The molecule has 0 aromatic heterocycles. The molecule has 0 saturated heterocycles. The molecule has 1 aliphatic carbocycles. The molecule has 184 valence electrons. The molecule has 3 N–H and O–H groups in total. The van der Waals surface area contributed by atoms with Crippen molar-refractivity contribution >= 4 is 28.9 Å². The number of para-hydroxylation sites is 1. The number of carbonyl (C=O) groups is 1. The Bertz CT molecular complexity index is 1140. The van der Waals surface area contributed by atoms with Gasteiger partial charge in [-0.1, -0.05) is 62.1 Å². The zero-order chi connectivity index (χ0) is 24.6. The lowest BCUT2D eigenvalue weighted by Crippen LogP contribution is -2.42. The Morgan fingerprint density at radius 3 is 2.63 bits per heavy atom. The molecular formula is C29H34ClN3O2. The summed E-state index contributed by atoms with van der Waals surface area (Å²) in [5.74, 6) is 1.36. The number of ether oxygens (including phenoxy) is 1. The third kappa shape index (κ3) is 6.49. The van der Waals surface area contributed by atoms with Gasteiger partial charge in [0.1, 0.15) is 11.5 Å². The summed E-state index contributed by atoms with van der Waals surface area (Å²) in [5.41, 5.74) is 9.35. The second-order valence-corrected chi connectivity index (χ2v) is 9.53. The maximum atomic E-state index is 13.4. The quantitative estimate of drug-likeness (QED) is 0.304. The first kappa shape index (κ1) is 24.9. The minimum Gasteiger partial charge on any atom is -0.456 e. The summed E-state index contributed by atoms with van der Waals surface area (Å²) >= 11 is 6.22. The van der Waals surface area contributed by atoms with Crippen LogP contribution in [0.4, 0.5) is 11.4 Å². The lowest BCUT2D eigenvalue weighted by Gasteiger charge is -2.34. The van der Waals surface area contributed by atoms with Gasteiger partial charge in [-0.2, -0.15) is 0 Å². The molecule has 6 heteroatoms. The van der Waals surface area contributed by atoms with Crippen molar-refractivity contribution in [1.29, 1.82) is 0 Å². The number of hydrogen-bond acceptors (Lipinski definition) is 4. The number of benzene rings is 3. The van der Waals surface area contributed by atoms with E-state index in [9.17, 15) is 4.79 Å². The molecule has 0 radical (unpaired) electrons. The molecule has 0 spiro atoms. The van der Waals surface area contributed by atoms with E-state index in [1.54, 1.807) is 12.1 Å². The first-order valence-corrected chi connectivity index (χ1v) is 12.9. The summed E-state index contributed by atoms with van der Waals surface area (Å²) in [6.45, 7) is 3.48. The minimum absolute atomic E-state index is 0.134. The molecule has 0 unspecified atom stereocenters. The van der Waals surface area contributed by atoms with Crippen molar-refractivity contribution in [2.45, 2.75) is 58.0 Å². The molecule has 1 fully saturated rings. The van der Waals surface area contributed by atoms with E-state index in [-0.39, 0.29) is 5.91 Å². The Labute approximate surface area is 213 Å². The summed E-state index contributed by atoms with van der Waals surface area (Å²) in [6.07, 6.45) is 6.89. The van der Waals surface area contributed by atoms with Crippen molar-refractivity contribution in [3.05, 3.63) is 82.9 Å². The van der Waals surface area contributed by atoms with E-state index in [2.05, 4.69) is 17.1 Å². The lowest BCUT2D eigenvalue weighted by atomic mass is 9.93. The molecule has 1 aliphatic rings. The number of nitrogens with two attached hydrogens (primary N) is 1. The Hall–Kier alpha value is -3.18. The van der Waals surface area contributed by atoms with E-state index in [4.69, 9.17) is 22.1 Å². The number of halogens is 1. The highest BCUT2D eigenvalue weighted by Crippen LogP contribution is 2.32. The van der Waals surface area contributed by atoms with Gasteiger partial charge in [0, 0.05) is 30.8 Å². The van der Waals surface area contributed by atoms with E-state index in [1.807, 2.05) is 54.6 Å². The molecule has 0 bridgehead atoms. The highest BCUT2D eigenvalue weighted by atomic mass is 35.5. The first-order chi connectivity index (χ1) is 17.0. The van der Waals surface area contributed by atoms with Gasteiger partial charge in [0.15, 0.2) is 0 Å². The van der Waals surface area contributed by atoms with Crippen LogP contribution in [-0.4, -0.2) is 23.4 Å². The summed E-state index contributed by atoms with van der Waals surface area (Å²) in [7, 11) is 0. The monoisotopic (exact) mass is 491 g/mol. The molecule has 1 saturated carbocycles. The lowest BCUT2D eigenvalue weighted by molar-refractivity contribution is 0.0634. The van der Waals surface area contributed by atoms with Crippen LogP contribution in [0.3, 0.4) is 0 Å². The van der Waals surface area contributed by atoms with E-state index >= 15 is 0 Å². The Balaban J connectivity index is 1.45. The summed E-state index contributed by atoms with van der Waals surface area (Å²) in [6, 6.07) is 21.1. The molecule has 3 aromatic rings. The van der Waals surface area contributed by atoms with Crippen molar-refractivity contribution in [1.82, 2.24) is 4.90 Å². The third-order valence-electron chi connectivity index (χ3n) is 6.49. The van der Waals surface area contributed by atoms with Gasteiger partial charge >= 0.3 is 0 Å². The van der Waals surface area contributed by atoms with Gasteiger partial charge in [0.2, 0.25) is 0 Å². The third-order valence-corrected chi connectivity index (χ3v) is 6.80. The molecule has 35 heavy (non-hydrogen) atoms. The molecule has 5 nitrogen and oxygen atoms in total. The smallest absolute Gasteiger partial charge is 0.254 e. The van der Waals surface area contributed by atoms with E-state index in [1.165, 1.54) is 19.3 Å². The van der Waals surface area contributed by atoms with Crippen molar-refractivity contribution in [3.63, 3.8) is 0 Å². The maximum absolute atomic E-state index is 13.4. The van der Waals surface area contributed by atoms with Gasteiger partial charge in [0.05, 0.1) is 16.4 Å². The van der Waals surface area contributed by atoms with E-state index in [0.717, 1.165) is 42.6 Å². The van der Waals surface area contributed by atoms with Crippen molar-refractivity contribution in [3.8, 4) is 11.5 Å². The van der Waals surface area contributed by atoms with Crippen LogP contribution in [0.1, 0.15) is 61.4 Å². The van der Waals surface area contributed by atoms with Crippen LogP contribution in [-0.2, 0) is 6.54 Å². The number of anilines is 2. The van der Waals surface area contributed by atoms with Crippen molar-refractivity contribution < 1.29 is 9.53 Å². The van der Waals surface area contributed by atoms with Crippen molar-refractivity contribution in [2.75, 3.05) is 17.6 Å². The molecule has 4 rings (SSSR count). The first-order valence-electron chi connectivity index (χ1n) is 12.5. The number of nitrogens with zero attached hydrogens (tertiary/aromatic N) is 1. The van der Waals surface area contributed by atoms with Crippen LogP contribution < -0.4 is 15.8 Å². The molecular weight excluding hydrogens is 458 g/mol. The summed E-state index contributed by atoms with van der Waals surface area (Å²) < 4.78 is 5.94. The van der Waals surface area contributed by atoms with E-state index < -0.39 is 0 Å². The van der Waals surface area contributed by atoms with Gasteiger partial charge in [-0.3, -0.25) is 4.79 Å². The second kappa shape index (κ2) is 12.0. The molecule has 1 amide bonds.